The van der Waals surface area contributed by atoms with E-state index in [-0.39, 0.29) is 12.0 Å². The van der Waals surface area contributed by atoms with Crippen LogP contribution in [0.5, 0.6) is 0 Å². The van der Waals surface area contributed by atoms with E-state index in [1.807, 2.05) is 30.4 Å². The van der Waals surface area contributed by atoms with Gasteiger partial charge in [-0.05, 0) is 30.4 Å². The van der Waals surface area contributed by atoms with E-state index in [0.29, 0.717) is 26.1 Å². The van der Waals surface area contributed by atoms with E-state index in [9.17, 15) is 4.79 Å². The first-order valence-corrected chi connectivity index (χ1v) is 8.61. The van der Waals surface area contributed by atoms with Crippen molar-refractivity contribution in [1.29, 1.82) is 0 Å². The predicted molar refractivity (Wildman–Crippen MR) is 92.6 cm³/mol. The zero-order valence-electron chi connectivity index (χ0n) is 14.2. The molecule has 5 nitrogen and oxygen atoms in total. The lowest BCUT2D eigenvalue weighted by Gasteiger charge is -2.33. The molecule has 0 saturated carbocycles. The second-order valence-electron chi connectivity index (χ2n) is 6.38. The molecule has 1 aromatic carbocycles. The Bertz CT molecular complexity index is 654. The van der Waals surface area contributed by atoms with Gasteiger partial charge in [0.2, 0.25) is 5.91 Å². The van der Waals surface area contributed by atoms with Gasteiger partial charge in [0, 0.05) is 32.8 Å². The maximum absolute atomic E-state index is 12.4. The van der Waals surface area contributed by atoms with Crippen LogP contribution in [0, 0.1) is 0 Å². The van der Waals surface area contributed by atoms with Gasteiger partial charge >= 0.3 is 0 Å². The molecule has 128 valence electrons. The molecule has 0 unspecified atom stereocenters. The largest absolute Gasteiger partial charge is 0.375 e. The van der Waals surface area contributed by atoms with Crippen molar-refractivity contribution in [2.75, 3.05) is 19.7 Å². The average molecular weight is 327 g/mol. The highest BCUT2D eigenvalue weighted by Gasteiger charge is 2.23. The van der Waals surface area contributed by atoms with Gasteiger partial charge in [0.25, 0.3) is 0 Å². The van der Waals surface area contributed by atoms with Crippen molar-refractivity contribution < 1.29 is 9.53 Å². The summed E-state index contributed by atoms with van der Waals surface area (Å²) in [6, 6.07) is 10.4. The molecular formula is C19H25N3O2. The van der Waals surface area contributed by atoms with E-state index in [1.54, 1.807) is 4.68 Å². The zero-order chi connectivity index (χ0) is 16.8. The van der Waals surface area contributed by atoms with Crippen LogP contribution >= 0.6 is 0 Å². The second-order valence-corrected chi connectivity index (χ2v) is 6.38. The molecule has 1 atom stereocenters. The maximum atomic E-state index is 12.4. The van der Waals surface area contributed by atoms with Gasteiger partial charge in [0.1, 0.15) is 0 Å². The molecule has 3 rings (SSSR count). The number of hydrogen-bond donors (Lipinski definition) is 0. The molecule has 0 N–H and O–H groups in total. The third-order valence-corrected chi connectivity index (χ3v) is 4.48. The average Bonchev–Trinajstić information content (AvgIpc) is 3.04. The highest BCUT2D eigenvalue weighted by molar-refractivity contribution is 5.76. The van der Waals surface area contributed by atoms with E-state index in [4.69, 9.17) is 4.74 Å². The Morgan fingerprint density at radius 2 is 2.08 bits per heavy atom. The number of nitrogens with zero attached hydrogens (tertiary/aromatic N) is 3. The van der Waals surface area contributed by atoms with Crippen molar-refractivity contribution in [3.63, 3.8) is 0 Å². The Morgan fingerprint density at radius 1 is 1.25 bits per heavy atom. The summed E-state index contributed by atoms with van der Waals surface area (Å²) in [7, 11) is 1.89. The number of aromatic nitrogens is 2. The number of ether oxygens (including phenoxy) is 1. The van der Waals surface area contributed by atoms with Gasteiger partial charge < -0.3 is 9.64 Å². The quantitative estimate of drug-likeness (QED) is 0.817. The fraction of sp³-hybridized carbons (Fsp3) is 0.474. The number of amides is 1. The van der Waals surface area contributed by atoms with Crippen molar-refractivity contribution in [2.45, 2.75) is 31.8 Å². The van der Waals surface area contributed by atoms with Gasteiger partial charge in [-0.15, -0.1) is 0 Å². The molecule has 1 fully saturated rings. The normalized spacial score (nSPS) is 17.9. The lowest BCUT2D eigenvalue weighted by atomic mass is 10.1. The third kappa shape index (κ3) is 4.68. The molecule has 5 heteroatoms. The molecular weight excluding hydrogens is 302 g/mol. The second kappa shape index (κ2) is 8.11. The van der Waals surface area contributed by atoms with Crippen LogP contribution in [-0.4, -0.2) is 46.4 Å². The fourth-order valence-electron chi connectivity index (χ4n) is 3.10. The van der Waals surface area contributed by atoms with Crippen LogP contribution in [-0.2, 0) is 29.4 Å². The molecule has 0 spiro atoms. The minimum atomic E-state index is 0.140. The summed E-state index contributed by atoms with van der Waals surface area (Å²) >= 11 is 0. The lowest BCUT2D eigenvalue weighted by Crippen LogP contribution is -2.45. The van der Waals surface area contributed by atoms with Gasteiger partial charge in [0.05, 0.1) is 18.9 Å². The summed E-state index contributed by atoms with van der Waals surface area (Å²) in [5.41, 5.74) is 2.43. The third-order valence-electron chi connectivity index (χ3n) is 4.48. The Labute approximate surface area is 143 Å². The lowest BCUT2D eigenvalue weighted by molar-refractivity contribution is -0.138. The number of carbonyl (C=O) groups excluding carboxylic acids is 1. The van der Waals surface area contributed by atoms with Crippen LogP contribution in [0.15, 0.2) is 42.7 Å². The molecule has 0 bridgehead atoms. The summed E-state index contributed by atoms with van der Waals surface area (Å²) in [6.07, 6.45) is 7.17. The number of rotatable bonds is 6. The van der Waals surface area contributed by atoms with E-state index in [2.05, 4.69) is 29.4 Å². The zero-order valence-corrected chi connectivity index (χ0v) is 14.2. The van der Waals surface area contributed by atoms with Gasteiger partial charge in [-0.25, -0.2) is 0 Å². The van der Waals surface area contributed by atoms with Gasteiger partial charge in [-0.2, -0.15) is 5.10 Å². The van der Waals surface area contributed by atoms with Crippen LogP contribution < -0.4 is 0 Å². The Morgan fingerprint density at radius 3 is 2.83 bits per heavy atom. The van der Waals surface area contributed by atoms with Gasteiger partial charge in [-0.3, -0.25) is 9.48 Å². The molecule has 1 saturated heterocycles. The SMILES string of the molecule is Cn1cc(CCC(=O)N2CCO[C@H](CCc3ccccc3)C2)cn1. The van der Waals surface area contributed by atoms with Crippen molar-refractivity contribution in [3.05, 3.63) is 53.9 Å². The summed E-state index contributed by atoms with van der Waals surface area (Å²) in [5.74, 6) is 0.215. The molecule has 0 radical (unpaired) electrons. The summed E-state index contributed by atoms with van der Waals surface area (Å²) in [4.78, 5) is 14.4. The molecule has 1 aromatic heterocycles. The smallest absolute Gasteiger partial charge is 0.223 e. The number of morpholine rings is 1. The highest BCUT2D eigenvalue weighted by atomic mass is 16.5. The number of benzene rings is 1. The minimum Gasteiger partial charge on any atom is -0.375 e. The molecule has 2 aromatic rings. The van der Waals surface area contributed by atoms with E-state index in [1.165, 1.54) is 5.56 Å². The molecule has 2 heterocycles. The fourth-order valence-corrected chi connectivity index (χ4v) is 3.10. The van der Waals surface area contributed by atoms with Gasteiger partial charge in [0.15, 0.2) is 0 Å². The van der Waals surface area contributed by atoms with Crippen molar-refractivity contribution in [3.8, 4) is 0 Å². The van der Waals surface area contributed by atoms with Crippen molar-refractivity contribution in [2.24, 2.45) is 7.05 Å². The van der Waals surface area contributed by atoms with Crippen molar-refractivity contribution in [1.82, 2.24) is 14.7 Å². The monoisotopic (exact) mass is 327 g/mol. The predicted octanol–water partition coefficient (Wildman–Crippen LogP) is 2.21. The Hall–Kier alpha value is -2.14. The first kappa shape index (κ1) is 16.7. The molecule has 1 aliphatic heterocycles. The van der Waals surface area contributed by atoms with Crippen LogP contribution in [0.3, 0.4) is 0 Å². The van der Waals surface area contributed by atoms with Crippen LogP contribution in [0.4, 0.5) is 0 Å². The van der Waals surface area contributed by atoms with Crippen LogP contribution in [0.2, 0.25) is 0 Å². The standard InChI is InChI=1S/C19H25N3O2/c1-21-14-17(13-20-21)8-10-19(23)22-11-12-24-18(15-22)9-7-16-5-3-2-4-6-16/h2-6,13-14,18H,7-12,15H2,1H3/t18-/m1/s1. The topological polar surface area (TPSA) is 47.4 Å². The Balaban J connectivity index is 1.45. The number of hydrogen-bond acceptors (Lipinski definition) is 3. The van der Waals surface area contributed by atoms with E-state index in [0.717, 1.165) is 24.8 Å². The number of aryl methyl sites for hydroxylation is 3. The molecule has 24 heavy (non-hydrogen) atoms. The molecule has 0 aliphatic carbocycles. The van der Waals surface area contributed by atoms with Gasteiger partial charge in [-0.1, -0.05) is 30.3 Å². The van der Waals surface area contributed by atoms with E-state index >= 15 is 0 Å². The summed E-state index contributed by atoms with van der Waals surface area (Å²) in [6.45, 7) is 2.05. The minimum absolute atomic E-state index is 0.140. The summed E-state index contributed by atoms with van der Waals surface area (Å²) in [5, 5.41) is 4.14. The highest BCUT2D eigenvalue weighted by Crippen LogP contribution is 2.14. The summed E-state index contributed by atoms with van der Waals surface area (Å²) < 4.78 is 7.61. The van der Waals surface area contributed by atoms with Crippen LogP contribution in [0.1, 0.15) is 24.0 Å². The van der Waals surface area contributed by atoms with E-state index < -0.39 is 0 Å². The first-order chi connectivity index (χ1) is 11.7. The molecule has 1 amide bonds. The van der Waals surface area contributed by atoms with Crippen LogP contribution in [0.25, 0.3) is 0 Å². The molecule has 1 aliphatic rings. The first-order valence-electron chi connectivity index (χ1n) is 8.61. The number of carbonyl (C=O) groups is 1. The van der Waals surface area contributed by atoms with Crippen molar-refractivity contribution >= 4 is 5.91 Å². The Kier molecular flexibility index (Phi) is 5.64. The maximum Gasteiger partial charge on any atom is 0.223 e.